The average molecular weight is 393 g/mol. The van der Waals surface area contributed by atoms with Gasteiger partial charge in [-0.25, -0.2) is 9.97 Å². The smallest absolute Gasteiger partial charge is 0.158 e. The first kappa shape index (κ1) is 17.0. The number of anilines is 2. The Morgan fingerprint density at radius 1 is 1.28 bits per heavy atom. The predicted octanol–water partition coefficient (Wildman–Crippen LogP) is 5.06. The van der Waals surface area contributed by atoms with Crippen LogP contribution in [-0.4, -0.2) is 23.1 Å². The van der Waals surface area contributed by atoms with Gasteiger partial charge in [-0.1, -0.05) is 53.2 Å². The zero-order chi connectivity index (χ0) is 17.6. The van der Waals surface area contributed by atoms with Crippen LogP contribution in [0.4, 0.5) is 11.6 Å². The van der Waals surface area contributed by atoms with Crippen LogP contribution in [0.1, 0.15) is 19.3 Å². The Bertz CT molecular complexity index is 857. The molecule has 2 N–H and O–H groups in total. The lowest BCUT2D eigenvalue weighted by Gasteiger charge is -2.41. The van der Waals surface area contributed by atoms with Crippen molar-refractivity contribution in [2.24, 2.45) is 5.41 Å². The van der Waals surface area contributed by atoms with Crippen molar-refractivity contribution < 1.29 is 0 Å². The molecule has 0 bridgehead atoms. The summed E-state index contributed by atoms with van der Waals surface area (Å²) in [6.07, 6.45) is 5.31. The van der Waals surface area contributed by atoms with Crippen LogP contribution < -0.4 is 10.6 Å². The molecule has 1 spiro atoms. The summed E-state index contributed by atoms with van der Waals surface area (Å²) in [4.78, 5) is 12.1. The Labute approximate surface area is 161 Å². The quantitative estimate of drug-likeness (QED) is 0.739. The molecule has 4 nitrogen and oxygen atoms in total. The van der Waals surface area contributed by atoms with E-state index < -0.39 is 0 Å². The van der Waals surface area contributed by atoms with Crippen molar-refractivity contribution in [2.75, 3.05) is 23.7 Å². The standard InChI is InChI=1S/C18H18Cl2N4S/c1-11-5-6-18(11)7-8-24(10-18)14-9-22-17(16(21)23-14)25-13-4-2-3-12(19)15(13)20/h2-4,9H,1,5-8,10H2,(H2,21,23). The van der Waals surface area contributed by atoms with Crippen LogP contribution in [0.3, 0.4) is 0 Å². The molecular weight excluding hydrogens is 375 g/mol. The molecule has 1 saturated heterocycles. The molecule has 1 atom stereocenters. The van der Waals surface area contributed by atoms with Crippen molar-refractivity contribution in [3.63, 3.8) is 0 Å². The number of hydrogen-bond donors (Lipinski definition) is 1. The molecule has 130 valence electrons. The minimum absolute atomic E-state index is 0.290. The van der Waals surface area contributed by atoms with Crippen LogP contribution >= 0.6 is 35.0 Å². The molecular formula is C18H18Cl2N4S. The molecule has 1 unspecified atom stereocenters. The molecule has 2 aliphatic rings. The monoisotopic (exact) mass is 392 g/mol. The maximum absolute atomic E-state index is 6.24. The van der Waals surface area contributed by atoms with Gasteiger partial charge in [-0.3, -0.25) is 0 Å². The molecule has 0 amide bonds. The van der Waals surface area contributed by atoms with E-state index in [0.29, 0.717) is 20.9 Å². The van der Waals surface area contributed by atoms with E-state index in [0.717, 1.165) is 36.6 Å². The molecule has 1 aliphatic carbocycles. The van der Waals surface area contributed by atoms with Gasteiger partial charge in [-0.15, -0.1) is 0 Å². The first-order valence-electron chi connectivity index (χ1n) is 8.16. The van der Waals surface area contributed by atoms with Crippen molar-refractivity contribution in [3.05, 3.63) is 46.6 Å². The average Bonchev–Trinajstić information content (AvgIpc) is 3.07. The number of rotatable bonds is 3. The fraction of sp³-hybridized carbons (Fsp3) is 0.333. The Morgan fingerprint density at radius 2 is 2.12 bits per heavy atom. The van der Waals surface area contributed by atoms with Crippen LogP contribution in [0, 0.1) is 5.41 Å². The van der Waals surface area contributed by atoms with E-state index in [9.17, 15) is 0 Å². The number of nitrogens with zero attached hydrogens (tertiary/aromatic N) is 3. The second kappa shape index (κ2) is 6.38. The van der Waals surface area contributed by atoms with Gasteiger partial charge in [0.05, 0.1) is 16.2 Å². The summed E-state index contributed by atoms with van der Waals surface area (Å²) in [5, 5.41) is 1.65. The Kier molecular flexibility index (Phi) is 4.34. The summed E-state index contributed by atoms with van der Waals surface area (Å²) in [6, 6.07) is 5.49. The van der Waals surface area contributed by atoms with E-state index in [2.05, 4.69) is 21.4 Å². The van der Waals surface area contributed by atoms with Gasteiger partial charge in [0.15, 0.2) is 5.82 Å². The lowest BCUT2D eigenvalue weighted by molar-refractivity contribution is 0.275. The third kappa shape index (κ3) is 2.98. The first-order valence-corrected chi connectivity index (χ1v) is 9.73. The largest absolute Gasteiger partial charge is 0.381 e. The fourth-order valence-corrected chi connectivity index (χ4v) is 4.78. The number of nitrogens with two attached hydrogens (primary N) is 1. The van der Waals surface area contributed by atoms with E-state index in [1.54, 1.807) is 12.3 Å². The van der Waals surface area contributed by atoms with Crippen LogP contribution in [-0.2, 0) is 0 Å². The number of hydrogen-bond acceptors (Lipinski definition) is 5. The van der Waals surface area contributed by atoms with Gasteiger partial charge in [-0.05, 0) is 31.4 Å². The van der Waals surface area contributed by atoms with Gasteiger partial charge >= 0.3 is 0 Å². The molecule has 4 rings (SSSR count). The highest BCUT2D eigenvalue weighted by Gasteiger charge is 2.46. The van der Waals surface area contributed by atoms with Crippen molar-refractivity contribution in [1.82, 2.24) is 9.97 Å². The molecule has 1 aliphatic heterocycles. The highest BCUT2D eigenvalue weighted by Crippen LogP contribution is 2.52. The molecule has 2 fully saturated rings. The summed E-state index contributed by atoms with van der Waals surface area (Å²) in [5.41, 5.74) is 7.82. The second-order valence-corrected chi connectivity index (χ2v) is 8.44. The molecule has 1 aromatic carbocycles. The van der Waals surface area contributed by atoms with Crippen LogP contribution in [0.5, 0.6) is 0 Å². The molecule has 2 aromatic rings. The van der Waals surface area contributed by atoms with Gasteiger partial charge < -0.3 is 10.6 Å². The van der Waals surface area contributed by atoms with E-state index in [4.69, 9.17) is 28.9 Å². The minimum Gasteiger partial charge on any atom is -0.381 e. The molecule has 1 saturated carbocycles. The lowest BCUT2D eigenvalue weighted by Crippen LogP contribution is -2.35. The summed E-state index contributed by atoms with van der Waals surface area (Å²) >= 11 is 13.7. The van der Waals surface area contributed by atoms with Gasteiger partial charge in [0.1, 0.15) is 10.8 Å². The normalized spacial score (nSPS) is 22.5. The van der Waals surface area contributed by atoms with Crippen molar-refractivity contribution in [1.29, 1.82) is 0 Å². The number of aromatic nitrogens is 2. The third-order valence-electron chi connectivity index (χ3n) is 5.21. The van der Waals surface area contributed by atoms with Crippen LogP contribution in [0.25, 0.3) is 0 Å². The molecule has 2 heterocycles. The highest BCUT2D eigenvalue weighted by atomic mass is 35.5. The zero-order valence-corrected chi connectivity index (χ0v) is 16.0. The van der Waals surface area contributed by atoms with Gasteiger partial charge in [0, 0.05) is 23.4 Å². The maximum Gasteiger partial charge on any atom is 0.158 e. The van der Waals surface area contributed by atoms with Crippen molar-refractivity contribution >= 4 is 46.6 Å². The van der Waals surface area contributed by atoms with E-state index >= 15 is 0 Å². The minimum atomic E-state index is 0.290. The molecule has 0 radical (unpaired) electrons. The van der Waals surface area contributed by atoms with E-state index in [1.807, 2.05) is 12.1 Å². The number of nitrogen functional groups attached to an aromatic ring is 1. The topological polar surface area (TPSA) is 55.0 Å². The molecule has 25 heavy (non-hydrogen) atoms. The van der Waals surface area contributed by atoms with Gasteiger partial charge in [0.2, 0.25) is 0 Å². The summed E-state index contributed by atoms with van der Waals surface area (Å²) in [7, 11) is 0. The lowest BCUT2D eigenvalue weighted by atomic mass is 9.65. The zero-order valence-electron chi connectivity index (χ0n) is 13.6. The highest BCUT2D eigenvalue weighted by molar-refractivity contribution is 7.99. The summed E-state index contributed by atoms with van der Waals surface area (Å²) in [5.74, 6) is 1.24. The molecule has 7 heteroatoms. The Hall–Kier alpha value is -1.43. The Balaban J connectivity index is 1.53. The second-order valence-electron chi connectivity index (χ2n) is 6.63. The third-order valence-corrected chi connectivity index (χ3v) is 7.21. The fourth-order valence-electron chi connectivity index (χ4n) is 3.50. The predicted molar refractivity (Wildman–Crippen MR) is 105 cm³/mol. The molecule has 1 aromatic heterocycles. The van der Waals surface area contributed by atoms with Crippen molar-refractivity contribution in [3.8, 4) is 0 Å². The van der Waals surface area contributed by atoms with Crippen LogP contribution in [0.15, 0.2) is 46.5 Å². The Morgan fingerprint density at radius 3 is 2.76 bits per heavy atom. The summed E-state index contributed by atoms with van der Waals surface area (Å²) in [6.45, 7) is 6.14. The maximum atomic E-state index is 6.24. The SMILES string of the molecule is C=C1CCC12CCN(c1cnc(Sc3cccc(Cl)c3Cl)c(N)n1)C2. The van der Waals surface area contributed by atoms with Crippen molar-refractivity contribution in [2.45, 2.75) is 29.2 Å². The number of halogens is 2. The number of benzene rings is 1. The van der Waals surface area contributed by atoms with E-state index in [1.165, 1.54) is 23.8 Å². The van der Waals surface area contributed by atoms with Crippen LogP contribution in [0.2, 0.25) is 10.0 Å². The van der Waals surface area contributed by atoms with E-state index in [-0.39, 0.29) is 5.41 Å². The van der Waals surface area contributed by atoms with Gasteiger partial charge in [0.25, 0.3) is 0 Å². The first-order chi connectivity index (χ1) is 12.0. The summed E-state index contributed by atoms with van der Waals surface area (Å²) < 4.78 is 0. The van der Waals surface area contributed by atoms with Gasteiger partial charge in [-0.2, -0.15) is 0 Å².